The molecule has 12 heavy (non-hydrogen) atoms. The summed E-state index contributed by atoms with van der Waals surface area (Å²) in [5.41, 5.74) is 0.422. The molecule has 0 aliphatic rings. The lowest BCUT2D eigenvalue weighted by molar-refractivity contribution is 0.196. The van der Waals surface area contributed by atoms with Crippen molar-refractivity contribution in [3.8, 4) is 0 Å². The molecule has 0 saturated carbocycles. The van der Waals surface area contributed by atoms with E-state index in [9.17, 15) is 5.11 Å². The molecule has 0 spiro atoms. The molecule has 2 heteroatoms. The van der Waals surface area contributed by atoms with Crippen molar-refractivity contribution in [3.63, 3.8) is 0 Å². The zero-order valence-corrected chi connectivity index (χ0v) is 9.74. The standard InChI is InChI=1S/C10H22OS/c1-8(11)9(2)12-7-6-10(3,4)5/h8-9,11H,6-7H2,1-5H3. The molecule has 0 aromatic heterocycles. The van der Waals surface area contributed by atoms with Crippen LogP contribution in [0.1, 0.15) is 41.0 Å². The number of aliphatic hydroxyl groups excluding tert-OH is 1. The normalized spacial score (nSPS) is 17.5. The van der Waals surface area contributed by atoms with E-state index in [0.29, 0.717) is 10.7 Å². The van der Waals surface area contributed by atoms with Crippen LogP contribution in [0.25, 0.3) is 0 Å². The third-order valence-electron chi connectivity index (χ3n) is 1.91. The van der Waals surface area contributed by atoms with Crippen LogP contribution in [0.2, 0.25) is 0 Å². The van der Waals surface area contributed by atoms with Crippen LogP contribution in [0.5, 0.6) is 0 Å². The van der Waals surface area contributed by atoms with Crippen LogP contribution < -0.4 is 0 Å². The van der Waals surface area contributed by atoms with E-state index in [0.717, 1.165) is 5.75 Å². The summed E-state index contributed by atoms with van der Waals surface area (Å²) in [6.45, 7) is 10.7. The predicted octanol–water partition coefficient (Wildman–Crippen LogP) is 2.93. The fourth-order valence-electron chi connectivity index (χ4n) is 0.690. The van der Waals surface area contributed by atoms with Gasteiger partial charge in [0, 0.05) is 5.25 Å². The quantitative estimate of drug-likeness (QED) is 0.735. The monoisotopic (exact) mass is 190 g/mol. The molecule has 0 saturated heterocycles. The maximum atomic E-state index is 9.23. The van der Waals surface area contributed by atoms with Crippen molar-refractivity contribution >= 4 is 11.8 Å². The van der Waals surface area contributed by atoms with Gasteiger partial charge in [-0.05, 0) is 24.5 Å². The van der Waals surface area contributed by atoms with Gasteiger partial charge in [-0.15, -0.1) is 0 Å². The van der Waals surface area contributed by atoms with Gasteiger partial charge in [0.15, 0.2) is 0 Å². The Morgan fingerprint density at radius 2 is 1.75 bits per heavy atom. The first-order valence-electron chi connectivity index (χ1n) is 4.62. The predicted molar refractivity (Wildman–Crippen MR) is 57.7 cm³/mol. The molecule has 2 unspecified atom stereocenters. The number of aliphatic hydroxyl groups is 1. The highest BCUT2D eigenvalue weighted by atomic mass is 32.2. The van der Waals surface area contributed by atoms with Gasteiger partial charge in [-0.3, -0.25) is 0 Å². The van der Waals surface area contributed by atoms with Crippen LogP contribution in [0.4, 0.5) is 0 Å². The lowest BCUT2D eigenvalue weighted by Gasteiger charge is -2.20. The Labute approximate surface area is 80.9 Å². The molecule has 1 nitrogen and oxygen atoms in total. The van der Waals surface area contributed by atoms with Crippen molar-refractivity contribution < 1.29 is 5.11 Å². The molecule has 0 aliphatic carbocycles. The van der Waals surface area contributed by atoms with Gasteiger partial charge in [-0.2, -0.15) is 11.8 Å². The number of rotatable bonds is 4. The third-order valence-corrected chi connectivity index (χ3v) is 3.27. The third kappa shape index (κ3) is 6.99. The summed E-state index contributed by atoms with van der Waals surface area (Å²) in [7, 11) is 0. The van der Waals surface area contributed by atoms with Crippen molar-refractivity contribution in [2.75, 3.05) is 5.75 Å². The summed E-state index contributed by atoms with van der Waals surface area (Å²) in [4.78, 5) is 0. The maximum Gasteiger partial charge on any atom is 0.0627 e. The average molecular weight is 190 g/mol. The Morgan fingerprint density at radius 1 is 1.25 bits per heavy atom. The largest absolute Gasteiger partial charge is 0.392 e. The molecule has 0 heterocycles. The van der Waals surface area contributed by atoms with E-state index in [2.05, 4.69) is 27.7 Å². The van der Waals surface area contributed by atoms with Gasteiger partial charge < -0.3 is 5.11 Å². The van der Waals surface area contributed by atoms with Gasteiger partial charge in [0.05, 0.1) is 6.10 Å². The first-order chi connectivity index (χ1) is 5.33. The summed E-state index contributed by atoms with van der Waals surface area (Å²) in [6.07, 6.45) is 1.03. The van der Waals surface area contributed by atoms with Crippen molar-refractivity contribution in [3.05, 3.63) is 0 Å². The van der Waals surface area contributed by atoms with Gasteiger partial charge in [0.25, 0.3) is 0 Å². The zero-order chi connectivity index (χ0) is 9.78. The highest BCUT2D eigenvalue weighted by molar-refractivity contribution is 7.99. The topological polar surface area (TPSA) is 20.2 Å². The minimum absolute atomic E-state index is 0.185. The van der Waals surface area contributed by atoms with E-state index in [1.165, 1.54) is 6.42 Å². The van der Waals surface area contributed by atoms with Gasteiger partial charge in [0.2, 0.25) is 0 Å². The molecule has 0 radical (unpaired) electrons. The lowest BCUT2D eigenvalue weighted by Crippen LogP contribution is -2.17. The van der Waals surface area contributed by atoms with Crippen LogP contribution in [-0.2, 0) is 0 Å². The molecule has 0 aromatic rings. The Morgan fingerprint density at radius 3 is 2.08 bits per heavy atom. The maximum absolute atomic E-state index is 9.23. The van der Waals surface area contributed by atoms with Crippen LogP contribution in [0.3, 0.4) is 0 Å². The average Bonchev–Trinajstić information content (AvgIpc) is 1.84. The summed E-state index contributed by atoms with van der Waals surface area (Å²) in [5.74, 6) is 1.15. The molecular weight excluding hydrogens is 168 g/mol. The zero-order valence-electron chi connectivity index (χ0n) is 8.92. The van der Waals surface area contributed by atoms with Gasteiger partial charge >= 0.3 is 0 Å². The number of thioether (sulfide) groups is 1. The Balaban J connectivity index is 3.44. The first kappa shape index (κ1) is 12.3. The molecular formula is C10H22OS. The van der Waals surface area contributed by atoms with Crippen LogP contribution in [0.15, 0.2) is 0 Å². The summed E-state index contributed by atoms with van der Waals surface area (Å²) < 4.78 is 0. The fraction of sp³-hybridized carbons (Fsp3) is 1.00. The molecule has 74 valence electrons. The van der Waals surface area contributed by atoms with Gasteiger partial charge in [-0.1, -0.05) is 27.7 Å². The van der Waals surface area contributed by atoms with Gasteiger partial charge in [-0.25, -0.2) is 0 Å². The molecule has 0 rings (SSSR count). The summed E-state index contributed by atoms with van der Waals surface area (Å²) >= 11 is 1.86. The second-order valence-corrected chi connectivity index (χ2v) is 6.11. The van der Waals surface area contributed by atoms with E-state index in [1.807, 2.05) is 18.7 Å². The SMILES string of the molecule is CC(O)C(C)SCCC(C)(C)C. The highest BCUT2D eigenvalue weighted by Gasteiger charge is 2.13. The molecule has 0 bridgehead atoms. The molecule has 0 aliphatic heterocycles. The smallest absolute Gasteiger partial charge is 0.0627 e. The van der Waals surface area contributed by atoms with Crippen molar-refractivity contribution in [1.29, 1.82) is 0 Å². The second-order valence-electron chi connectivity index (χ2n) is 4.63. The van der Waals surface area contributed by atoms with E-state index >= 15 is 0 Å². The van der Waals surface area contributed by atoms with Crippen LogP contribution in [-0.4, -0.2) is 22.2 Å². The van der Waals surface area contributed by atoms with Crippen molar-refractivity contribution in [2.45, 2.75) is 52.4 Å². The van der Waals surface area contributed by atoms with Crippen molar-refractivity contribution in [1.82, 2.24) is 0 Å². The highest BCUT2D eigenvalue weighted by Crippen LogP contribution is 2.24. The van der Waals surface area contributed by atoms with E-state index < -0.39 is 0 Å². The van der Waals surface area contributed by atoms with Crippen molar-refractivity contribution in [2.24, 2.45) is 5.41 Å². The van der Waals surface area contributed by atoms with E-state index in [4.69, 9.17) is 0 Å². The second kappa shape index (κ2) is 5.13. The summed E-state index contributed by atoms with van der Waals surface area (Å²) in [6, 6.07) is 0. The van der Waals surface area contributed by atoms with Crippen LogP contribution in [0, 0.1) is 5.41 Å². The minimum atomic E-state index is -0.185. The van der Waals surface area contributed by atoms with Gasteiger partial charge in [0.1, 0.15) is 0 Å². The minimum Gasteiger partial charge on any atom is -0.392 e. The Kier molecular flexibility index (Phi) is 5.26. The molecule has 0 aromatic carbocycles. The summed E-state index contributed by atoms with van der Waals surface area (Å²) in [5, 5.41) is 9.60. The van der Waals surface area contributed by atoms with Crippen LogP contribution >= 0.6 is 11.8 Å². The molecule has 0 fully saturated rings. The number of hydrogen-bond donors (Lipinski definition) is 1. The van der Waals surface area contributed by atoms with E-state index in [1.54, 1.807) is 0 Å². The Hall–Kier alpha value is 0.310. The molecule has 2 atom stereocenters. The lowest BCUT2D eigenvalue weighted by atomic mass is 9.94. The molecule has 0 amide bonds. The first-order valence-corrected chi connectivity index (χ1v) is 5.67. The molecule has 1 N–H and O–H groups in total. The van der Waals surface area contributed by atoms with E-state index in [-0.39, 0.29) is 6.10 Å². The number of hydrogen-bond acceptors (Lipinski definition) is 2. The Bertz CT molecular complexity index is 115. The fourth-order valence-corrected chi connectivity index (χ4v) is 2.07.